The van der Waals surface area contributed by atoms with Gasteiger partial charge in [-0.15, -0.1) is 5.10 Å². The summed E-state index contributed by atoms with van der Waals surface area (Å²) in [6, 6.07) is 17.4. The fourth-order valence-electron chi connectivity index (χ4n) is 2.16. The molecule has 5 nitrogen and oxygen atoms in total. The van der Waals surface area contributed by atoms with E-state index in [0.717, 1.165) is 16.8 Å². The van der Waals surface area contributed by atoms with Crippen LogP contribution >= 0.6 is 0 Å². The first kappa shape index (κ1) is 13.1. The van der Waals surface area contributed by atoms with Gasteiger partial charge in [0.1, 0.15) is 0 Å². The van der Waals surface area contributed by atoms with Gasteiger partial charge in [0, 0.05) is 5.56 Å². The lowest BCUT2D eigenvalue weighted by Crippen LogP contribution is -2.13. The van der Waals surface area contributed by atoms with E-state index in [-0.39, 0.29) is 5.82 Å². The molecule has 3 aromatic rings. The molecule has 21 heavy (non-hydrogen) atoms. The van der Waals surface area contributed by atoms with Gasteiger partial charge in [-0.25, -0.2) is 9.67 Å². The predicted octanol–water partition coefficient (Wildman–Crippen LogP) is 2.34. The van der Waals surface area contributed by atoms with Crippen molar-refractivity contribution in [2.75, 3.05) is 0 Å². The molecule has 1 heterocycles. The number of nitrogens with two attached hydrogens (primary N) is 1. The second-order valence-corrected chi connectivity index (χ2v) is 4.69. The normalized spacial score (nSPS) is 10.5. The predicted molar refractivity (Wildman–Crippen MR) is 80.0 cm³/mol. The maximum absolute atomic E-state index is 11.4. The van der Waals surface area contributed by atoms with Crippen LogP contribution in [0.2, 0.25) is 0 Å². The number of rotatable bonds is 3. The van der Waals surface area contributed by atoms with E-state index in [4.69, 9.17) is 5.73 Å². The number of carbonyl (C=O) groups is 1. The number of hydrogen-bond donors (Lipinski definition) is 1. The Bertz CT molecular complexity index is 793. The summed E-state index contributed by atoms with van der Waals surface area (Å²) in [6.07, 6.45) is 0. The molecule has 0 fully saturated rings. The number of aryl methyl sites for hydroxylation is 1. The molecule has 1 amide bonds. The molecule has 5 heteroatoms. The molecule has 0 aliphatic rings. The van der Waals surface area contributed by atoms with Crippen molar-refractivity contribution in [3.8, 4) is 17.1 Å². The quantitative estimate of drug-likeness (QED) is 0.799. The molecule has 2 aromatic carbocycles. The molecule has 0 unspecified atom stereocenters. The van der Waals surface area contributed by atoms with Crippen molar-refractivity contribution in [3.05, 3.63) is 66.0 Å². The van der Waals surface area contributed by atoms with E-state index in [1.54, 1.807) is 4.68 Å². The Kier molecular flexibility index (Phi) is 3.23. The number of carbonyl (C=O) groups excluding carboxylic acids is 1. The lowest BCUT2D eigenvalue weighted by molar-refractivity contribution is 0.0990. The van der Waals surface area contributed by atoms with Crippen LogP contribution in [0, 0.1) is 6.92 Å². The molecule has 0 aliphatic heterocycles. The Labute approximate surface area is 122 Å². The number of nitrogens with zero attached hydrogens (tertiary/aromatic N) is 3. The Balaban J connectivity index is 2.24. The standard InChI is InChI=1S/C16H14N4O/c1-11-7-5-6-10-13(11)16-18-15(14(17)21)19-20(16)12-8-3-2-4-9-12/h2-10H,1H3,(H2,17,21). The molecular weight excluding hydrogens is 264 g/mol. The zero-order chi connectivity index (χ0) is 14.8. The van der Waals surface area contributed by atoms with E-state index < -0.39 is 5.91 Å². The fourth-order valence-corrected chi connectivity index (χ4v) is 2.16. The largest absolute Gasteiger partial charge is 0.363 e. The Morgan fingerprint density at radius 1 is 1.05 bits per heavy atom. The van der Waals surface area contributed by atoms with Crippen LogP contribution in [0.3, 0.4) is 0 Å². The number of para-hydroxylation sites is 1. The highest BCUT2D eigenvalue weighted by Crippen LogP contribution is 2.24. The highest BCUT2D eigenvalue weighted by molar-refractivity contribution is 5.89. The van der Waals surface area contributed by atoms with Crippen LogP contribution in [0.25, 0.3) is 17.1 Å². The minimum absolute atomic E-state index is 0.0112. The number of primary amides is 1. The van der Waals surface area contributed by atoms with Gasteiger partial charge < -0.3 is 5.73 Å². The van der Waals surface area contributed by atoms with Crippen LogP contribution in [0.1, 0.15) is 16.2 Å². The number of amides is 1. The van der Waals surface area contributed by atoms with Crippen molar-refractivity contribution >= 4 is 5.91 Å². The highest BCUT2D eigenvalue weighted by Gasteiger charge is 2.17. The Hall–Kier alpha value is -2.95. The smallest absolute Gasteiger partial charge is 0.288 e. The lowest BCUT2D eigenvalue weighted by atomic mass is 10.1. The maximum Gasteiger partial charge on any atom is 0.288 e. The van der Waals surface area contributed by atoms with Crippen molar-refractivity contribution in [3.63, 3.8) is 0 Å². The van der Waals surface area contributed by atoms with Crippen LogP contribution in [0.15, 0.2) is 54.6 Å². The van der Waals surface area contributed by atoms with E-state index in [1.165, 1.54) is 0 Å². The van der Waals surface area contributed by atoms with Crippen LogP contribution in [0.4, 0.5) is 0 Å². The number of benzene rings is 2. The van der Waals surface area contributed by atoms with E-state index in [2.05, 4.69) is 10.1 Å². The van der Waals surface area contributed by atoms with Gasteiger partial charge in [-0.05, 0) is 24.6 Å². The SMILES string of the molecule is Cc1ccccc1-c1nc(C(N)=O)nn1-c1ccccc1. The zero-order valence-electron chi connectivity index (χ0n) is 11.5. The molecule has 2 N–H and O–H groups in total. The minimum atomic E-state index is -0.639. The summed E-state index contributed by atoms with van der Waals surface area (Å²) >= 11 is 0. The minimum Gasteiger partial charge on any atom is -0.363 e. The summed E-state index contributed by atoms with van der Waals surface area (Å²) in [4.78, 5) is 15.7. The van der Waals surface area contributed by atoms with Gasteiger partial charge in [0.15, 0.2) is 5.82 Å². The molecular formula is C16H14N4O. The van der Waals surface area contributed by atoms with Gasteiger partial charge in [0.25, 0.3) is 5.91 Å². The summed E-state index contributed by atoms with van der Waals surface area (Å²) < 4.78 is 1.64. The summed E-state index contributed by atoms with van der Waals surface area (Å²) in [6.45, 7) is 1.99. The van der Waals surface area contributed by atoms with Crippen LogP contribution < -0.4 is 5.73 Å². The van der Waals surface area contributed by atoms with Crippen molar-refractivity contribution in [1.29, 1.82) is 0 Å². The third-order valence-corrected chi connectivity index (χ3v) is 3.21. The fraction of sp³-hybridized carbons (Fsp3) is 0.0625. The molecule has 1 aromatic heterocycles. The number of aromatic nitrogens is 3. The third kappa shape index (κ3) is 2.41. The first-order valence-electron chi connectivity index (χ1n) is 6.55. The summed E-state index contributed by atoms with van der Waals surface area (Å²) in [5.41, 5.74) is 8.11. The first-order chi connectivity index (χ1) is 10.2. The van der Waals surface area contributed by atoms with Gasteiger partial charge in [-0.3, -0.25) is 4.79 Å². The van der Waals surface area contributed by atoms with E-state index >= 15 is 0 Å². The second kappa shape index (κ2) is 5.20. The van der Waals surface area contributed by atoms with Gasteiger partial charge in [-0.1, -0.05) is 42.5 Å². The maximum atomic E-state index is 11.4. The van der Waals surface area contributed by atoms with Gasteiger partial charge >= 0.3 is 0 Å². The molecule has 0 saturated heterocycles. The van der Waals surface area contributed by atoms with Crippen molar-refractivity contribution in [2.45, 2.75) is 6.92 Å². The molecule has 0 atom stereocenters. The average Bonchev–Trinajstić information content (AvgIpc) is 2.94. The van der Waals surface area contributed by atoms with Crippen LogP contribution in [-0.4, -0.2) is 20.7 Å². The molecule has 0 bridgehead atoms. The Morgan fingerprint density at radius 2 is 1.71 bits per heavy atom. The van der Waals surface area contributed by atoms with E-state index in [1.807, 2.05) is 61.5 Å². The lowest BCUT2D eigenvalue weighted by Gasteiger charge is -2.07. The summed E-state index contributed by atoms with van der Waals surface area (Å²) in [5.74, 6) is -0.0234. The van der Waals surface area contributed by atoms with E-state index in [9.17, 15) is 4.79 Å². The first-order valence-corrected chi connectivity index (χ1v) is 6.55. The third-order valence-electron chi connectivity index (χ3n) is 3.21. The number of hydrogen-bond acceptors (Lipinski definition) is 3. The average molecular weight is 278 g/mol. The molecule has 0 saturated carbocycles. The molecule has 0 spiro atoms. The summed E-state index contributed by atoms with van der Waals surface area (Å²) in [7, 11) is 0. The van der Waals surface area contributed by atoms with Gasteiger partial charge in [0.05, 0.1) is 5.69 Å². The highest BCUT2D eigenvalue weighted by atomic mass is 16.1. The topological polar surface area (TPSA) is 73.8 Å². The molecule has 0 radical (unpaired) electrons. The van der Waals surface area contributed by atoms with Crippen molar-refractivity contribution in [2.24, 2.45) is 5.73 Å². The van der Waals surface area contributed by atoms with Gasteiger partial charge in [-0.2, -0.15) is 0 Å². The van der Waals surface area contributed by atoms with Crippen molar-refractivity contribution in [1.82, 2.24) is 14.8 Å². The second-order valence-electron chi connectivity index (χ2n) is 4.69. The molecule has 0 aliphatic carbocycles. The van der Waals surface area contributed by atoms with Crippen molar-refractivity contribution < 1.29 is 4.79 Å². The summed E-state index contributed by atoms with van der Waals surface area (Å²) in [5, 5.41) is 4.23. The van der Waals surface area contributed by atoms with Gasteiger partial charge in [0.2, 0.25) is 5.82 Å². The Morgan fingerprint density at radius 3 is 2.38 bits per heavy atom. The molecule has 3 rings (SSSR count). The van der Waals surface area contributed by atoms with Crippen LogP contribution in [0.5, 0.6) is 0 Å². The van der Waals surface area contributed by atoms with E-state index in [0.29, 0.717) is 5.82 Å². The zero-order valence-corrected chi connectivity index (χ0v) is 11.5. The monoisotopic (exact) mass is 278 g/mol. The van der Waals surface area contributed by atoms with Crippen LogP contribution in [-0.2, 0) is 0 Å². The molecule has 104 valence electrons.